The summed E-state index contributed by atoms with van der Waals surface area (Å²) in [5.41, 5.74) is 1.51. The molecular formula is C16H10F2N2O2S. The molecule has 0 atom stereocenters. The van der Waals surface area contributed by atoms with Gasteiger partial charge in [0.25, 0.3) is 5.69 Å². The first-order valence-corrected chi connectivity index (χ1v) is 7.50. The van der Waals surface area contributed by atoms with E-state index in [0.717, 1.165) is 12.1 Å². The lowest BCUT2D eigenvalue weighted by atomic mass is 9.96. The number of nitro groups is 1. The van der Waals surface area contributed by atoms with E-state index < -0.39 is 16.6 Å². The minimum Gasteiger partial charge on any atom is -0.258 e. The summed E-state index contributed by atoms with van der Waals surface area (Å²) in [4.78, 5) is 15.2. The van der Waals surface area contributed by atoms with E-state index in [-0.39, 0.29) is 5.69 Å². The lowest BCUT2D eigenvalue weighted by molar-refractivity contribution is -0.384. The van der Waals surface area contributed by atoms with Crippen LogP contribution in [-0.4, -0.2) is 9.91 Å². The minimum absolute atomic E-state index is 0.0813. The number of benzene rings is 2. The normalized spacial score (nSPS) is 10.7. The van der Waals surface area contributed by atoms with Crippen molar-refractivity contribution in [3.63, 3.8) is 0 Å². The Balaban J connectivity index is 2.35. The van der Waals surface area contributed by atoms with Gasteiger partial charge in [-0.2, -0.15) is 0 Å². The third-order valence-electron chi connectivity index (χ3n) is 3.44. The summed E-state index contributed by atoms with van der Waals surface area (Å²) in [7, 11) is 0. The van der Waals surface area contributed by atoms with Crippen LogP contribution >= 0.6 is 11.3 Å². The first kappa shape index (κ1) is 15.2. The van der Waals surface area contributed by atoms with Gasteiger partial charge in [0.1, 0.15) is 5.01 Å². The summed E-state index contributed by atoms with van der Waals surface area (Å²) in [6.07, 6.45) is 1.54. The van der Waals surface area contributed by atoms with E-state index >= 15 is 0 Å². The monoisotopic (exact) mass is 332 g/mol. The van der Waals surface area contributed by atoms with Crippen LogP contribution in [0.5, 0.6) is 0 Å². The quantitative estimate of drug-likeness (QED) is 0.502. The van der Waals surface area contributed by atoms with Gasteiger partial charge in [0, 0.05) is 17.1 Å². The molecule has 0 N–H and O–H groups in total. The van der Waals surface area contributed by atoms with E-state index in [0.29, 0.717) is 27.3 Å². The first-order valence-electron chi connectivity index (χ1n) is 6.62. The molecule has 0 radical (unpaired) electrons. The molecule has 0 amide bonds. The Morgan fingerprint density at radius 3 is 2.57 bits per heavy atom. The van der Waals surface area contributed by atoms with E-state index in [1.165, 1.54) is 17.4 Å². The van der Waals surface area contributed by atoms with E-state index in [2.05, 4.69) is 4.98 Å². The topological polar surface area (TPSA) is 56.0 Å². The lowest BCUT2D eigenvalue weighted by Crippen LogP contribution is -1.98. The van der Waals surface area contributed by atoms with Gasteiger partial charge in [0.15, 0.2) is 11.6 Å². The number of aryl methyl sites for hydroxylation is 1. The molecule has 1 aromatic heterocycles. The maximum atomic E-state index is 13.6. The van der Waals surface area contributed by atoms with Gasteiger partial charge in [-0.3, -0.25) is 10.1 Å². The largest absolute Gasteiger partial charge is 0.283 e. The van der Waals surface area contributed by atoms with Crippen LogP contribution < -0.4 is 0 Å². The van der Waals surface area contributed by atoms with Crippen LogP contribution in [-0.2, 0) is 0 Å². The summed E-state index contributed by atoms with van der Waals surface area (Å²) in [5.74, 6) is -1.97. The molecule has 3 rings (SSSR count). The highest BCUT2D eigenvalue weighted by atomic mass is 32.1. The van der Waals surface area contributed by atoms with Crippen molar-refractivity contribution in [3.05, 3.63) is 69.2 Å². The van der Waals surface area contributed by atoms with Crippen molar-refractivity contribution in [2.75, 3.05) is 0 Å². The molecule has 0 unspecified atom stereocenters. The fourth-order valence-corrected chi connectivity index (χ4v) is 3.10. The molecule has 116 valence electrons. The molecule has 3 aromatic rings. The molecule has 0 aliphatic heterocycles. The van der Waals surface area contributed by atoms with E-state index in [1.54, 1.807) is 30.6 Å². The smallest absolute Gasteiger partial charge is 0.258 e. The average molecular weight is 332 g/mol. The van der Waals surface area contributed by atoms with E-state index in [4.69, 9.17) is 0 Å². The van der Waals surface area contributed by atoms with Crippen LogP contribution in [0, 0.1) is 28.7 Å². The molecule has 2 aromatic carbocycles. The third-order valence-corrected chi connectivity index (χ3v) is 4.23. The number of thiazole rings is 1. The SMILES string of the molecule is Cc1ccc(-c2ccc(F)c(F)c2)c(-c2nccs2)c1[N+](=O)[O-]. The molecule has 0 saturated heterocycles. The Hall–Kier alpha value is -2.67. The first-order chi connectivity index (χ1) is 11.0. The Kier molecular flexibility index (Phi) is 3.87. The summed E-state index contributed by atoms with van der Waals surface area (Å²) in [5, 5.41) is 13.7. The fraction of sp³-hybridized carbons (Fsp3) is 0.0625. The van der Waals surface area contributed by atoms with Gasteiger partial charge in [0.05, 0.1) is 10.5 Å². The maximum absolute atomic E-state index is 13.6. The van der Waals surface area contributed by atoms with Gasteiger partial charge in [-0.25, -0.2) is 13.8 Å². The molecule has 0 aliphatic carbocycles. The molecule has 0 aliphatic rings. The van der Waals surface area contributed by atoms with Crippen molar-refractivity contribution in [1.29, 1.82) is 0 Å². The predicted octanol–water partition coefficient (Wildman–Crippen LogP) is 4.97. The molecular weight excluding hydrogens is 322 g/mol. The summed E-state index contributed by atoms with van der Waals surface area (Å²) >= 11 is 1.25. The number of hydrogen-bond acceptors (Lipinski definition) is 4. The standard InChI is InChI=1S/C16H10F2N2O2S/c1-9-2-4-11(10-3-5-12(17)13(18)8-10)14(15(9)20(21)22)16-19-6-7-23-16/h2-8H,1H3. The summed E-state index contributed by atoms with van der Waals surface area (Å²) < 4.78 is 26.7. The van der Waals surface area contributed by atoms with Gasteiger partial charge < -0.3 is 0 Å². The number of hydrogen-bond donors (Lipinski definition) is 0. The molecule has 0 fully saturated rings. The molecule has 0 saturated carbocycles. The average Bonchev–Trinajstić information content (AvgIpc) is 3.03. The second-order valence-corrected chi connectivity index (χ2v) is 5.77. The Morgan fingerprint density at radius 1 is 1.17 bits per heavy atom. The van der Waals surface area contributed by atoms with Crippen LogP contribution in [0.1, 0.15) is 5.56 Å². The minimum atomic E-state index is -1.00. The van der Waals surface area contributed by atoms with Gasteiger partial charge in [0.2, 0.25) is 0 Å². The summed E-state index contributed by atoms with van der Waals surface area (Å²) in [6.45, 7) is 1.63. The molecule has 1 heterocycles. The zero-order chi connectivity index (χ0) is 16.6. The lowest BCUT2D eigenvalue weighted by Gasteiger charge is -2.11. The maximum Gasteiger partial charge on any atom is 0.283 e. The number of nitro benzene ring substituents is 1. The molecule has 0 bridgehead atoms. The summed E-state index contributed by atoms with van der Waals surface area (Å²) in [6, 6.07) is 6.67. The second kappa shape index (κ2) is 5.85. The van der Waals surface area contributed by atoms with E-state index in [1.807, 2.05) is 0 Å². The predicted molar refractivity (Wildman–Crippen MR) is 84.3 cm³/mol. The number of rotatable bonds is 3. The van der Waals surface area contributed by atoms with E-state index in [9.17, 15) is 18.9 Å². The van der Waals surface area contributed by atoms with Gasteiger partial charge in [-0.05, 0) is 30.2 Å². The van der Waals surface area contributed by atoms with Gasteiger partial charge >= 0.3 is 0 Å². The van der Waals surface area contributed by atoms with Crippen molar-refractivity contribution in [3.8, 4) is 21.7 Å². The van der Waals surface area contributed by atoms with Crippen LogP contribution in [0.25, 0.3) is 21.7 Å². The van der Waals surface area contributed by atoms with Crippen molar-refractivity contribution < 1.29 is 13.7 Å². The van der Waals surface area contributed by atoms with Gasteiger partial charge in [-0.15, -0.1) is 11.3 Å². The van der Waals surface area contributed by atoms with Crippen molar-refractivity contribution >= 4 is 17.0 Å². The van der Waals surface area contributed by atoms with Crippen molar-refractivity contribution in [1.82, 2.24) is 4.98 Å². The Morgan fingerprint density at radius 2 is 1.96 bits per heavy atom. The van der Waals surface area contributed by atoms with Crippen LogP contribution in [0.2, 0.25) is 0 Å². The highest BCUT2D eigenvalue weighted by Crippen LogP contribution is 2.41. The molecule has 4 nitrogen and oxygen atoms in total. The van der Waals surface area contributed by atoms with Crippen LogP contribution in [0.15, 0.2) is 41.9 Å². The zero-order valence-electron chi connectivity index (χ0n) is 11.9. The fourth-order valence-electron chi connectivity index (χ4n) is 2.40. The Labute approximate surface area is 134 Å². The molecule has 7 heteroatoms. The van der Waals surface area contributed by atoms with Crippen LogP contribution in [0.4, 0.5) is 14.5 Å². The highest BCUT2D eigenvalue weighted by Gasteiger charge is 2.25. The molecule has 23 heavy (non-hydrogen) atoms. The van der Waals surface area contributed by atoms with Crippen molar-refractivity contribution in [2.45, 2.75) is 6.92 Å². The Bertz CT molecular complexity index is 895. The zero-order valence-corrected chi connectivity index (χ0v) is 12.7. The van der Waals surface area contributed by atoms with Gasteiger partial charge in [-0.1, -0.05) is 18.2 Å². The number of nitrogens with zero attached hydrogens (tertiary/aromatic N) is 2. The number of aromatic nitrogens is 1. The third kappa shape index (κ3) is 2.70. The second-order valence-electron chi connectivity index (χ2n) is 4.88. The molecule has 0 spiro atoms. The number of halogens is 2. The van der Waals surface area contributed by atoms with Crippen LogP contribution in [0.3, 0.4) is 0 Å². The highest BCUT2D eigenvalue weighted by molar-refractivity contribution is 7.13. The van der Waals surface area contributed by atoms with Crippen molar-refractivity contribution in [2.24, 2.45) is 0 Å².